The third-order valence-electron chi connectivity index (χ3n) is 4.29. The summed E-state index contributed by atoms with van der Waals surface area (Å²) in [6, 6.07) is 9.44. The van der Waals surface area contributed by atoms with E-state index in [2.05, 4.69) is 28.1 Å². The van der Waals surface area contributed by atoms with Gasteiger partial charge >= 0.3 is 0 Å². The van der Waals surface area contributed by atoms with Crippen molar-refractivity contribution in [3.8, 4) is 28.6 Å². The van der Waals surface area contributed by atoms with Crippen LogP contribution in [-0.2, 0) is 13.0 Å². The van der Waals surface area contributed by atoms with E-state index in [1.807, 2.05) is 18.2 Å². The molecule has 0 saturated carbocycles. The van der Waals surface area contributed by atoms with E-state index in [1.165, 1.54) is 11.2 Å². The molecular formula is C20H19N3O4S. The molecule has 0 spiro atoms. The van der Waals surface area contributed by atoms with Crippen molar-refractivity contribution in [2.75, 3.05) is 14.2 Å². The maximum absolute atomic E-state index is 5.88. The molecule has 0 saturated heterocycles. The highest BCUT2D eigenvalue weighted by Gasteiger charge is 2.14. The summed E-state index contributed by atoms with van der Waals surface area (Å²) in [6.07, 6.45) is 2.47. The summed E-state index contributed by atoms with van der Waals surface area (Å²) in [7, 11) is 3.22. The van der Waals surface area contributed by atoms with Gasteiger partial charge in [-0.1, -0.05) is 12.1 Å². The van der Waals surface area contributed by atoms with Gasteiger partial charge in [-0.15, -0.1) is 11.3 Å². The number of aryl methyl sites for hydroxylation is 1. The Labute approximate surface area is 165 Å². The molecule has 8 heteroatoms. The van der Waals surface area contributed by atoms with E-state index in [0.717, 1.165) is 22.2 Å². The summed E-state index contributed by atoms with van der Waals surface area (Å²) in [5.41, 5.74) is 1.47. The SMILES string of the molecule is CCc1cc2c(OCc3cc(-c4ccc(OC)cc4OC)no3)ncnc2s1. The molecule has 28 heavy (non-hydrogen) atoms. The number of fused-ring (bicyclic) bond motifs is 1. The topological polar surface area (TPSA) is 79.5 Å². The van der Waals surface area contributed by atoms with Gasteiger partial charge in [0, 0.05) is 22.6 Å². The lowest BCUT2D eigenvalue weighted by Crippen LogP contribution is -1.96. The van der Waals surface area contributed by atoms with Crippen LogP contribution in [0, 0.1) is 0 Å². The van der Waals surface area contributed by atoms with Gasteiger partial charge in [-0.3, -0.25) is 0 Å². The number of hydrogen-bond donors (Lipinski definition) is 0. The van der Waals surface area contributed by atoms with Crippen molar-refractivity contribution >= 4 is 21.6 Å². The fraction of sp³-hybridized carbons (Fsp3) is 0.250. The lowest BCUT2D eigenvalue weighted by Gasteiger charge is -2.07. The van der Waals surface area contributed by atoms with Crippen molar-refractivity contribution in [3.05, 3.63) is 47.3 Å². The first-order chi connectivity index (χ1) is 13.7. The van der Waals surface area contributed by atoms with E-state index in [0.29, 0.717) is 28.8 Å². The Balaban J connectivity index is 1.54. The van der Waals surface area contributed by atoms with Gasteiger partial charge in [-0.05, 0) is 24.6 Å². The summed E-state index contributed by atoms with van der Waals surface area (Å²) < 4.78 is 22.0. The highest BCUT2D eigenvalue weighted by atomic mass is 32.1. The Morgan fingerprint density at radius 1 is 1.07 bits per heavy atom. The third kappa shape index (κ3) is 3.50. The van der Waals surface area contributed by atoms with Crippen molar-refractivity contribution < 1.29 is 18.7 Å². The number of methoxy groups -OCH3 is 2. The second-order valence-electron chi connectivity index (χ2n) is 6.00. The van der Waals surface area contributed by atoms with Gasteiger partial charge < -0.3 is 18.7 Å². The smallest absolute Gasteiger partial charge is 0.225 e. The third-order valence-corrected chi connectivity index (χ3v) is 5.47. The average Bonchev–Trinajstić information content (AvgIpc) is 3.38. The molecule has 0 aliphatic carbocycles. The zero-order valence-corrected chi connectivity index (χ0v) is 16.6. The van der Waals surface area contributed by atoms with Gasteiger partial charge in [0.1, 0.15) is 28.4 Å². The molecular weight excluding hydrogens is 378 g/mol. The molecule has 0 bridgehead atoms. The molecule has 1 aromatic carbocycles. The van der Waals surface area contributed by atoms with Crippen LogP contribution in [0.4, 0.5) is 0 Å². The van der Waals surface area contributed by atoms with Gasteiger partial charge in [0.05, 0.1) is 19.6 Å². The van der Waals surface area contributed by atoms with Gasteiger partial charge in [-0.25, -0.2) is 9.97 Å². The highest BCUT2D eigenvalue weighted by molar-refractivity contribution is 7.18. The van der Waals surface area contributed by atoms with Gasteiger partial charge in [-0.2, -0.15) is 0 Å². The predicted octanol–water partition coefficient (Wildman–Crippen LogP) is 4.50. The fourth-order valence-electron chi connectivity index (χ4n) is 2.83. The average molecular weight is 397 g/mol. The summed E-state index contributed by atoms with van der Waals surface area (Å²) in [5.74, 6) is 2.50. The van der Waals surface area contributed by atoms with Crippen molar-refractivity contribution in [2.45, 2.75) is 20.0 Å². The molecule has 0 radical (unpaired) electrons. The van der Waals surface area contributed by atoms with Crippen molar-refractivity contribution in [1.82, 2.24) is 15.1 Å². The van der Waals surface area contributed by atoms with E-state index in [4.69, 9.17) is 18.7 Å². The van der Waals surface area contributed by atoms with E-state index < -0.39 is 0 Å². The number of hydrogen-bond acceptors (Lipinski definition) is 8. The number of ether oxygens (including phenoxy) is 3. The number of thiophene rings is 1. The first kappa shape index (κ1) is 18.2. The number of rotatable bonds is 7. The lowest BCUT2D eigenvalue weighted by molar-refractivity contribution is 0.244. The molecule has 0 aliphatic rings. The van der Waals surface area contributed by atoms with Gasteiger partial charge in [0.2, 0.25) is 5.88 Å². The molecule has 0 amide bonds. The zero-order valence-electron chi connectivity index (χ0n) is 15.8. The van der Waals surface area contributed by atoms with Crippen LogP contribution in [0.25, 0.3) is 21.5 Å². The Morgan fingerprint density at radius 2 is 1.96 bits per heavy atom. The fourth-order valence-corrected chi connectivity index (χ4v) is 3.76. The quantitative estimate of drug-likeness (QED) is 0.454. The van der Waals surface area contributed by atoms with Gasteiger partial charge in [0.15, 0.2) is 12.4 Å². The number of benzene rings is 1. The normalized spacial score (nSPS) is 11.0. The van der Waals surface area contributed by atoms with Crippen LogP contribution in [-0.4, -0.2) is 29.3 Å². The second kappa shape index (κ2) is 7.85. The molecule has 0 N–H and O–H groups in total. The Bertz CT molecular complexity index is 1110. The number of nitrogens with zero attached hydrogens (tertiary/aromatic N) is 3. The van der Waals surface area contributed by atoms with Crippen LogP contribution >= 0.6 is 11.3 Å². The molecule has 3 aromatic heterocycles. The molecule has 0 fully saturated rings. The molecule has 0 aliphatic heterocycles. The molecule has 7 nitrogen and oxygen atoms in total. The van der Waals surface area contributed by atoms with Crippen LogP contribution in [0.3, 0.4) is 0 Å². The molecule has 3 heterocycles. The summed E-state index contributed by atoms with van der Waals surface area (Å²) in [5, 5.41) is 5.05. The standard InChI is InChI=1S/C20H19N3O4S/c1-4-14-9-16-19(21-11-22-20(16)28-14)26-10-13-7-17(23-27-13)15-6-5-12(24-2)8-18(15)25-3/h5-9,11H,4,10H2,1-3H3. The monoisotopic (exact) mass is 397 g/mol. The van der Waals surface area contributed by atoms with E-state index in [9.17, 15) is 0 Å². The van der Waals surface area contributed by atoms with E-state index >= 15 is 0 Å². The molecule has 4 rings (SSSR count). The summed E-state index contributed by atoms with van der Waals surface area (Å²) >= 11 is 1.65. The largest absolute Gasteiger partial charge is 0.497 e. The van der Waals surface area contributed by atoms with Gasteiger partial charge in [0.25, 0.3) is 0 Å². The second-order valence-corrected chi connectivity index (χ2v) is 7.11. The first-order valence-electron chi connectivity index (χ1n) is 8.76. The van der Waals surface area contributed by atoms with E-state index in [-0.39, 0.29) is 6.61 Å². The van der Waals surface area contributed by atoms with Crippen LogP contribution < -0.4 is 14.2 Å². The maximum atomic E-state index is 5.88. The number of aromatic nitrogens is 3. The molecule has 144 valence electrons. The highest BCUT2D eigenvalue weighted by Crippen LogP contribution is 2.33. The minimum Gasteiger partial charge on any atom is -0.497 e. The van der Waals surface area contributed by atoms with Crippen molar-refractivity contribution in [2.24, 2.45) is 0 Å². The maximum Gasteiger partial charge on any atom is 0.225 e. The Morgan fingerprint density at radius 3 is 2.75 bits per heavy atom. The van der Waals surface area contributed by atoms with Crippen LogP contribution in [0.5, 0.6) is 17.4 Å². The van der Waals surface area contributed by atoms with Crippen molar-refractivity contribution in [3.63, 3.8) is 0 Å². The lowest BCUT2D eigenvalue weighted by atomic mass is 10.1. The van der Waals surface area contributed by atoms with Crippen LogP contribution in [0.2, 0.25) is 0 Å². The predicted molar refractivity (Wildman–Crippen MR) is 106 cm³/mol. The molecule has 4 aromatic rings. The molecule has 0 atom stereocenters. The first-order valence-corrected chi connectivity index (χ1v) is 9.57. The summed E-state index contributed by atoms with van der Waals surface area (Å²) in [4.78, 5) is 10.7. The zero-order chi connectivity index (χ0) is 19.5. The summed E-state index contributed by atoms with van der Waals surface area (Å²) in [6.45, 7) is 2.33. The minimum absolute atomic E-state index is 0.217. The van der Waals surface area contributed by atoms with E-state index in [1.54, 1.807) is 31.6 Å². The van der Waals surface area contributed by atoms with Crippen LogP contribution in [0.15, 0.2) is 41.2 Å². The Kier molecular flexibility index (Phi) is 5.12. The van der Waals surface area contributed by atoms with Crippen molar-refractivity contribution in [1.29, 1.82) is 0 Å². The minimum atomic E-state index is 0.217. The van der Waals surface area contributed by atoms with Crippen LogP contribution in [0.1, 0.15) is 17.6 Å². The Hall–Kier alpha value is -3.13. The molecule has 0 unspecified atom stereocenters.